The van der Waals surface area contributed by atoms with Gasteiger partial charge < -0.3 is 65.1 Å². The molecule has 0 saturated carbocycles. The van der Waals surface area contributed by atoms with Crippen molar-refractivity contribution < 1.29 is 64.6 Å². The minimum Gasteiger partial charge on any atom is -0.394 e. The van der Waals surface area contributed by atoms with E-state index in [0.29, 0.717) is 6.42 Å². The first-order valence-electron chi connectivity index (χ1n) is 22.1. The van der Waals surface area contributed by atoms with Gasteiger partial charge in [0.2, 0.25) is 5.91 Å². The first kappa shape index (κ1) is 51.6. The number of carbonyl (C=O) groups excluding carboxylic acids is 1. The van der Waals surface area contributed by atoms with Crippen molar-refractivity contribution in [3.05, 3.63) is 24.3 Å². The maximum atomic E-state index is 13.0. The number of amides is 1. The number of hydrogen-bond acceptors (Lipinski definition) is 13. The van der Waals surface area contributed by atoms with Crippen molar-refractivity contribution in [2.75, 3.05) is 19.8 Å². The van der Waals surface area contributed by atoms with Crippen molar-refractivity contribution in [3.63, 3.8) is 0 Å². The van der Waals surface area contributed by atoms with E-state index in [0.717, 1.165) is 64.2 Å². The summed E-state index contributed by atoms with van der Waals surface area (Å²) in [5, 5.41) is 86.2. The summed E-state index contributed by atoms with van der Waals surface area (Å²) in [5.74, 6) is -0.254. The van der Waals surface area contributed by atoms with Crippen LogP contribution in [0, 0.1) is 0 Å². The Bertz CT molecular complexity index is 1060. The number of aliphatic hydroxyl groups is 8. The van der Waals surface area contributed by atoms with E-state index in [1.54, 1.807) is 6.08 Å². The second kappa shape index (κ2) is 31.4. The molecule has 12 unspecified atom stereocenters. The fourth-order valence-electron chi connectivity index (χ4n) is 7.16. The summed E-state index contributed by atoms with van der Waals surface area (Å²) in [4.78, 5) is 13.0. The minimum atomic E-state index is -1.78. The molecular weight excluding hydrogens is 738 g/mol. The van der Waals surface area contributed by atoms with Crippen LogP contribution in [-0.4, -0.2) is 140 Å². The van der Waals surface area contributed by atoms with Crippen molar-refractivity contribution in [2.24, 2.45) is 0 Å². The van der Waals surface area contributed by atoms with E-state index in [1.807, 2.05) is 6.08 Å². The molecule has 1 amide bonds. The predicted octanol–water partition coefficient (Wildman–Crippen LogP) is 3.82. The van der Waals surface area contributed by atoms with Gasteiger partial charge in [-0.3, -0.25) is 4.79 Å². The molecule has 0 aromatic rings. The molecule has 12 atom stereocenters. The molecule has 14 nitrogen and oxygen atoms in total. The number of allylic oxidation sites excluding steroid dienone is 3. The maximum Gasteiger partial charge on any atom is 0.220 e. The molecule has 2 heterocycles. The van der Waals surface area contributed by atoms with Crippen LogP contribution in [-0.2, 0) is 23.7 Å². The summed E-state index contributed by atoms with van der Waals surface area (Å²) in [6, 6.07) is -0.912. The molecule has 57 heavy (non-hydrogen) atoms. The molecular formula is C43H79NO13. The smallest absolute Gasteiger partial charge is 0.220 e. The number of ether oxygens (including phenoxy) is 4. The Morgan fingerprint density at radius 3 is 1.67 bits per heavy atom. The Hall–Kier alpha value is -1.53. The maximum absolute atomic E-state index is 13.0. The molecule has 0 radical (unpaired) electrons. The zero-order valence-electron chi connectivity index (χ0n) is 34.8. The van der Waals surface area contributed by atoms with E-state index in [1.165, 1.54) is 57.8 Å². The Morgan fingerprint density at radius 1 is 0.614 bits per heavy atom. The third kappa shape index (κ3) is 20.1. The number of rotatable bonds is 32. The van der Waals surface area contributed by atoms with E-state index in [9.17, 15) is 45.6 Å². The summed E-state index contributed by atoms with van der Waals surface area (Å²) in [6.07, 6.45) is 13.9. The van der Waals surface area contributed by atoms with Gasteiger partial charge in [-0.2, -0.15) is 0 Å². The van der Waals surface area contributed by atoms with Crippen LogP contribution < -0.4 is 5.32 Å². The average molecular weight is 818 g/mol. The summed E-state index contributed by atoms with van der Waals surface area (Å²) >= 11 is 0. The van der Waals surface area contributed by atoms with Crippen LogP contribution in [0.5, 0.6) is 0 Å². The molecule has 0 aromatic carbocycles. The van der Waals surface area contributed by atoms with E-state index in [-0.39, 0.29) is 18.9 Å². The first-order chi connectivity index (χ1) is 27.6. The molecule has 14 heteroatoms. The van der Waals surface area contributed by atoms with Crippen LogP contribution in [0.3, 0.4) is 0 Å². The summed E-state index contributed by atoms with van der Waals surface area (Å²) in [6.45, 7) is 2.69. The topological polar surface area (TPSA) is 228 Å². The summed E-state index contributed by atoms with van der Waals surface area (Å²) in [5.41, 5.74) is 0. The van der Waals surface area contributed by atoms with Gasteiger partial charge in [0.15, 0.2) is 12.6 Å². The van der Waals surface area contributed by atoms with Crippen LogP contribution in [0.4, 0.5) is 0 Å². The van der Waals surface area contributed by atoms with Gasteiger partial charge >= 0.3 is 0 Å². The molecule has 9 N–H and O–H groups in total. The minimum absolute atomic E-state index is 0.254. The number of carbonyl (C=O) groups is 1. The summed E-state index contributed by atoms with van der Waals surface area (Å²) in [7, 11) is 0. The summed E-state index contributed by atoms with van der Waals surface area (Å²) < 4.78 is 22.5. The zero-order valence-corrected chi connectivity index (χ0v) is 34.8. The van der Waals surface area contributed by atoms with Gasteiger partial charge in [-0.25, -0.2) is 0 Å². The Labute approximate surface area is 341 Å². The number of aliphatic hydroxyl groups excluding tert-OH is 8. The van der Waals surface area contributed by atoms with Crippen molar-refractivity contribution >= 4 is 5.91 Å². The van der Waals surface area contributed by atoms with Crippen LogP contribution in [0.15, 0.2) is 24.3 Å². The normalized spacial score (nSPS) is 29.3. The average Bonchev–Trinajstić information content (AvgIpc) is 3.21. The van der Waals surface area contributed by atoms with Gasteiger partial charge in [0.25, 0.3) is 0 Å². The largest absolute Gasteiger partial charge is 0.394 e. The van der Waals surface area contributed by atoms with Gasteiger partial charge in [-0.1, -0.05) is 122 Å². The third-order valence-corrected chi connectivity index (χ3v) is 10.9. The molecule has 0 aliphatic carbocycles. The molecule has 0 bridgehead atoms. The standard InChI is InChI=1S/C43H79NO13/c1-3-5-7-9-11-13-14-15-16-17-18-19-21-23-25-27-35(48)44-31(32(47)26-24-22-20-12-10-8-6-4-2)30-54-42-40(53)38(51)41(34(29-46)56-42)57-43-39(52)37(50)36(49)33(28-45)55-43/h15-16,24,26,31-34,36-43,45-47,49-53H,3-14,17-23,25,27-30H2,1-2H3,(H,44,48)/b16-15-,26-24+. The lowest BCUT2D eigenvalue weighted by molar-refractivity contribution is -0.359. The molecule has 0 spiro atoms. The third-order valence-electron chi connectivity index (χ3n) is 10.9. The van der Waals surface area contributed by atoms with Gasteiger partial charge in [-0.05, 0) is 44.9 Å². The monoisotopic (exact) mass is 818 g/mol. The van der Waals surface area contributed by atoms with Gasteiger partial charge in [0, 0.05) is 6.42 Å². The number of nitrogens with one attached hydrogen (secondary N) is 1. The Morgan fingerprint density at radius 2 is 1.11 bits per heavy atom. The fraction of sp³-hybridized carbons (Fsp3) is 0.884. The van der Waals surface area contributed by atoms with Gasteiger partial charge in [0.05, 0.1) is 32.0 Å². The number of hydrogen-bond donors (Lipinski definition) is 9. The lowest BCUT2D eigenvalue weighted by atomic mass is 9.97. The highest BCUT2D eigenvalue weighted by atomic mass is 16.7. The van der Waals surface area contributed by atoms with Crippen molar-refractivity contribution in [2.45, 2.75) is 222 Å². The van der Waals surface area contributed by atoms with Gasteiger partial charge in [0.1, 0.15) is 48.8 Å². The molecule has 2 aliphatic rings. The second-order valence-corrected chi connectivity index (χ2v) is 15.8. The van der Waals surface area contributed by atoms with E-state index >= 15 is 0 Å². The Kier molecular flexibility index (Phi) is 28.4. The quantitative estimate of drug-likeness (QED) is 0.0348. The molecule has 2 rings (SSSR count). The highest BCUT2D eigenvalue weighted by molar-refractivity contribution is 5.76. The Balaban J connectivity index is 1.89. The van der Waals surface area contributed by atoms with Crippen LogP contribution in [0.25, 0.3) is 0 Å². The van der Waals surface area contributed by atoms with Crippen molar-refractivity contribution in [3.8, 4) is 0 Å². The lowest BCUT2D eigenvalue weighted by Crippen LogP contribution is -2.65. The highest BCUT2D eigenvalue weighted by Crippen LogP contribution is 2.30. The van der Waals surface area contributed by atoms with Crippen LogP contribution in [0.1, 0.15) is 149 Å². The molecule has 2 saturated heterocycles. The lowest BCUT2D eigenvalue weighted by Gasteiger charge is -2.46. The SMILES string of the molecule is CCCCCCCC/C=C\CCCCCCCC(=O)NC(COC1OC(CO)C(OC2OC(CO)C(O)C(O)C2O)C(O)C1O)C(O)/C=C/CCCCCCCC. The molecule has 334 valence electrons. The van der Waals surface area contributed by atoms with E-state index in [2.05, 4.69) is 31.3 Å². The van der Waals surface area contributed by atoms with Crippen LogP contribution >= 0.6 is 0 Å². The zero-order chi connectivity index (χ0) is 41.8. The fourth-order valence-corrected chi connectivity index (χ4v) is 7.16. The first-order valence-corrected chi connectivity index (χ1v) is 22.1. The molecule has 2 aliphatic heterocycles. The van der Waals surface area contributed by atoms with Gasteiger partial charge in [-0.15, -0.1) is 0 Å². The van der Waals surface area contributed by atoms with Crippen LogP contribution in [0.2, 0.25) is 0 Å². The van der Waals surface area contributed by atoms with E-state index < -0.39 is 86.8 Å². The second-order valence-electron chi connectivity index (χ2n) is 15.8. The van der Waals surface area contributed by atoms with Crippen molar-refractivity contribution in [1.82, 2.24) is 5.32 Å². The highest BCUT2D eigenvalue weighted by Gasteiger charge is 2.50. The number of unbranched alkanes of at least 4 members (excludes halogenated alkanes) is 17. The van der Waals surface area contributed by atoms with E-state index in [4.69, 9.17) is 18.9 Å². The van der Waals surface area contributed by atoms with Crippen molar-refractivity contribution in [1.29, 1.82) is 0 Å². The molecule has 2 fully saturated rings. The molecule has 0 aromatic heterocycles. The predicted molar refractivity (Wildman–Crippen MR) is 217 cm³/mol.